The van der Waals surface area contributed by atoms with Crippen molar-refractivity contribution in [3.8, 4) is 0 Å². The fourth-order valence-electron chi connectivity index (χ4n) is 3.28. The molecule has 0 spiro atoms. The second kappa shape index (κ2) is 6.61. The lowest BCUT2D eigenvalue weighted by molar-refractivity contribution is 0.923. The number of benzene rings is 2. The minimum atomic E-state index is -0.0247. The van der Waals surface area contributed by atoms with E-state index in [1.807, 2.05) is 42.6 Å². The van der Waals surface area contributed by atoms with Gasteiger partial charge in [0.05, 0.1) is 6.04 Å². The number of fused-ring (bicyclic) bond motifs is 1. The van der Waals surface area contributed by atoms with Gasteiger partial charge in [0, 0.05) is 45.3 Å². The SMILES string of the molecule is Cc1[nH]c2ccccc2c1[C@H](Nc1cccc(Cl)c1)c1cccnc1. The van der Waals surface area contributed by atoms with E-state index >= 15 is 0 Å². The average Bonchev–Trinajstić information content (AvgIpc) is 2.96. The lowest BCUT2D eigenvalue weighted by Gasteiger charge is -2.21. The van der Waals surface area contributed by atoms with Crippen LogP contribution in [0.15, 0.2) is 73.1 Å². The van der Waals surface area contributed by atoms with Crippen molar-refractivity contribution < 1.29 is 0 Å². The standard InChI is InChI=1S/C21H18ClN3/c1-14-20(18-9-2-3-10-19(18)24-14)21(15-6-5-11-23-13-15)25-17-8-4-7-16(22)12-17/h2-13,21,24-25H,1H3/t21-/m1/s1. The van der Waals surface area contributed by atoms with Gasteiger partial charge in [-0.15, -0.1) is 0 Å². The molecule has 1 atom stereocenters. The number of rotatable bonds is 4. The van der Waals surface area contributed by atoms with Crippen LogP contribution in [0.5, 0.6) is 0 Å². The third-order valence-corrected chi connectivity index (χ3v) is 4.62. The van der Waals surface area contributed by atoms with Crippen molar-refractivity contribution in [1.29, 1.82) is 0 Å². The highest BCUT2D eigenvalue weighted by atomic mass is 35.5. The van der Waals surface area contributed by atoms with E-state index in [1.54, 1.807) is 6.20 Å². The van der Waals surface area contributed by atoms with Crippen LogP contribution in [0.25, 0.3) is 10.9 Å². The second-order valence-corrected chi connectivity index (χ2v) is 6.52. The van der Waals surface area contributed by atoms with Crippen molar-refractivity contribution in [3.05, 3.63) is 94.9 Å². The van der Waals surface area contributed by atoms with Crippen LogP contribution in [0, 0.1) is 6.92 Å². The summed E-state index contributed by atoms with van der Waals surface area (Å²) in [5.74, 6) is 0. The summed E-state index contributed by atoms with van der Waals surface area (Å²) in [4.78, 5) is 7.80. The van der Waals surface area contributed by atoms with Crippen molar-refractivity contribution in [2.45, 2.75) is 13.0 Å². The second-order valence-electron chi connectivity index (χ2n) is 6.08. The van der Waals surface area contributed by atoms with Gasteiger partial charge in [-0.1, -0.05) is 41.9 Å². The van der Waals surface area contributed by atoms with E-state index in [9.17, 15) is 0 Å². The van der Waals surface area contributed by atoms with Crippen LogP contribution in [0.4, 0.5) is 5.69 Å². The van der Waals surface area contributed by atoms with Crippen molar-refractivity contribution in [2.24, 2.45) is 0 Å². The molecule has 4 rings (SSSR count). The summed E-state index contributed by atoms with van der Waals surface area (Å²) in [5.41, 5.74) is 5.59. The molecule has 0 radical (unpaired) electrons. The summed E-state index contributed by atoms with van der Waals surface area (Å²) in [6, 6.07) is 20.2. The zero-order valence-electron chi connectivity index (χ0n) is 13.8. The van der Waals surface area contributed by atoms with Crippen molar-refractivity contribution in [3.63, 3.8) is 0 Å². The minimum absolute atomic E-state index is 0.0247. The van der Waals surface area contributed by atoms with Crippen LogP contribution >= 0.6 is 11.6 Å². The molecule has 0 amide bonds. The van der Waals surface area contributed by atoms with Crippen LogP contribution in [-0.2, 0) is 0 Å². The minimum Gasteiger partial charge on any atom is -0.374 e. The highest BCUT2D eigenvalue weighted by molar-refractivity contribution is 6.30. The number of anilines is 1. The van der Waals surface area contributed by atoms with E-state index < -0.39 is 0 Å². The highest BCUT2D eigenvalue weighted by Crippen LogP contribution is 2.34. The van der Waals surface area contributed by atoms with Crippen LogP contribution in [0.3, 0.4) is 0 Å². The third kappa shape index (κ3) is 3.11. The van der Waals surface area contributed by atoms with E-state index in [-0.39, 0.29) is 6.04 Å². The number of nitrogens with zero attached hydrogens (tertiary/aromatic N) is 1. The normalized spacial score (nSPS) is 12.2. The van der Waals surface area contributed by atoms with Gasteiger partial charge in [-0.2, -0.15) is 0 Å². The number of para-hydroxylation sites is 1. The Balaban J connectivity index is 1.87. The Kier molecular flexibility index (Phi) is 4.16. The molecular weight excluding hydrogens is 330 g/mol. The quantitative estimate of drug-likeness (QED) is 0.495. The highest BCUT2D eigenvalue weighted by Gasteiger charge is 2.21. The summed E-state index contributed by atoms with van der Waals surface area (Å²) in [6.45, 7) is 2.11. The maximum atomic E-state index is 6.17. The number of nitrogens with one attached hydrogen (secondary N) is 2. The maximum Gasteiger partial charge on any atom is 0.0805 e. The van der Waals surface area contributed by atoms with E-state index in [2.05, 4.69) is 46.5 Å². The van der Waals surface area contributed by atoms with Crippen LogP contribution < -0.4 is 5.32 Å². The van der Waals surface area contributed by atoms with Gasteiger partial charge in [-0.25, -0.2) is 0 Å². The summed E-state index contributed by atoms with van der Waals surface area (Å²) >= 11 is 6.17. The van der Waals surface area contributed by atoms with Crippen molar-refractivity contribution in [2.75, 3.05) is 5.32 Å². The zero-order chi connectivity index (χ0) is 17.2. The van der Waals surface area contributed by atoms with E-state index in [0.29, 0.717) is 5.02 Å². The first-order valence-corrected chi connectivity index (χ1v) is 8.59. The molecule has 2 aromatic carbocycles. The van der Waals surface area contributed by atoms with Gasteiger partial charge >= 0.3 is 0 Å². The predicted molar refractivity (Wildman–Crippen MR) is 104 cm³/mol. The number of halogens is 1. The number of aromatic nitrogens is 2. The number of aryl methyl sites for hydroxylation is 1. The molecule has 0 bridgehead atoms. The van der Waals surface area contributed by atoms with Gasteiger partial charge in [0.1, 0.15) is 0 Å². The van der Waals surface area contributed by atoms with Crippen LogP contribution in [0.2, 0.25) is 5.02 Å². The average molecular weight is 348 g/mol. The molecular formula is C21H18ClN3. The zero-order valence-corrected chi connectivity index (χ0v) is 14.6. The van der Waals surface area contributed by atoms with E-state index in [4.69, 9.17) is 11.6 Å². The Morgan fingerprint density at radius 1 is 1.04 bits per heavy atom. The number of hydrogen-bond acceptors (Lipinski definition) is 2. The molecule has 4 heteroatoms. The number of aromatic amines is 1. The fraction of sp³-hybridized carbons (Fsp3) is 0.0952. The first kappa shape index (κ1) is 15.7. The summed E-state index contributed by atoms with van der Waals surface area (Å²) in [6.07, 6.45) is 3.70. The predicted octanol–water partition coefficient (Wildman–Crippen LogP) is 5.73. The Morgan fingerprint density at radius 3 is 2.72 bits per heavy atom. The molecule has 0 aliphatic carbocycles. The molecule has 0 aliphatic rings. The van der Waals surface area contributed by atoms with E-state index in [1.165, 1.54) is 10.9 Å². The van der Waals surface area contributed by atoms with Gasteiger partial charge in [-0.3, -0.25) is 4.98 Å². The molecule has 4 aromatic rings. The molecule has 124 valence electrons. The molecule has 2 heterocycles. The van der Waals surface area contributed by atoms with Crippen LogP contribution in [0.1, 0.15) is 22.9 Å². The molecule has 0 saturated carbocycles. The molecule has 3 nitrogen and oxygen atoms in total. The summed E-state index contributed by atoms with van der Waals surface area (Å²) < 4.78 is 0. The number of hydrogen-bond donors (Lipinski definition) is 2. The van der Waals surface area contributed by atoms with Crippen molar-refractivity contribution >= 4 is 28.2 Å². The number of H-pyrrole nitrogens is 1. The van der Waals surface area contributed by atoms with Gasteiger partial charge in [0.15, 0.2) is 0 Å². The monoisotopic (exact) mass is 347 g/mol. The lowest BCUT2D eigenvalue weighted by Crippen LogP contribution is -2.13. The Labute approximate surface area is 151 Å². The van der Waals surface area contributed by atoms with Gasteiger partial charge in [-0.05, 0) is 42.8 Å². The molecule has 2 N–H and O–H groups in total. The molecule has 0 fully saturated rings. The van der Waals surface area contributed by atoms with Gasteiger partial charge < -0.3 is 10.3 Å². The Morgan fingerprint density at radius 2 is 1.92 bits per heavy atom. The van der Waals surface area contributed by atoms with Crippen molar-refractivity contribution in [1.82, 2.24) is 9.97 Å². The Bertz CT molecular complexity index is 1010. The molecule has 25 heavy (non-hydrogen) atoms. The van der Waals surface area contributed by atoms with Crippen LogP contribution in [-0.4, -0.2) is 9.97 Å². The summed E-state index contributed by atoms with van der Waals surface area (Å²) in [7, 11) is 0. The topological polar surface area (TPSA) is 40.7 Å². The first-order valence-electron chi connectivity index (χ1n) is 8.21. The molecule has 2 aromatic heterocycles. The first-order chi connectivity index (χ1) is 12.2. The molecule has 0 saturated heterocycles. The van der Waals surface area contributed by atoms with Gasteiger partial charge in [0.2, 0.25) is 0 Å². The lowest BCUT2D eigenvalue weighted by atomic mass is 9.97. The smallest absolute Gasteiger partial charge is 0.0805 e. The Hall–Kier alpha value is -2.78. The summed E-state index contributed by atoms with van der Waals surface area (Å²) in [5, 5.41) is 5.55. The molecule has 0 unspecified atom stereocenters. The number of pyridine rings is 1. The van der Waals surface area contributed by atoms with Gasteiger partial charge in [0.25, 0.3) is 0 Å². The largest absolute Gasteiger partial charge is 0.374 e. The van der Waals surface area contributed by atoms with E-state index in [0.717, 1.165) is 22.5 Å². The fourth-order valence-corrected chi connectivity index (χ4v) is 3.47. The maximum absolute atomic E-state index is 6.17. The molecule has 0 aliphatic heterocycles. The third-order valence-electron chi connectivity index (χ3n) is 4.39.